The highest BCUT2D eigenvalue weighted by atomic mass is 19.4. The van der Waals surface area contributed by atoms with Crippen molar-refractivity contribution in [1.29, 1.82) is 0 Å². The van der Waals surface area contributed by atoms with Gasteiger partial charge in [-0.15, -0.1) is 0 Å². The Balaban J connectivity index is 4.75. The van der Waals surface area contributed by atoms with Crippen LogP contribution in [0.15, 0.2) is 0 Å². The second kappa shape index (κ2) is 6.43. The molecule has 0 aliphatic carbocycles. The first-order chi connectivity index (χ1) is 7.70. The van der Waals surface area contributed by atoms with E-state index in [0.29, 0.717) is 6.42 Å². The highest BCUT2D eigenvalue weighted by Gasteiger charge is 2.47. The monoisotopic (exact) mass is 257 g/mol. The standard InChI is InChI=1S/C9H14F3NO4/c1-3-4-16-8(15)6(17-5(2)14)7(13)9(10,11)12/h6-7H,3-4,13H2,1-2H3/t6-,7-/m0/s1. The van der Waals surface area contributed by atoms with E-state index in [9.17, 15) is 22.8 Å². The number of carbonyl (C=O) groups is 2. The normalized spacial score (nSPS) is 14.9. The van der Waals surface area contributed by atoms with Crippen molar-refractivity contribution >= 4 is 11.9 Å². The van der Waals surface area contributed by atoms with Gasteiger partial charge in [-0.05, 0) is 6.42 Å². The maximum Gasteiger partial charge on any atom is 0.407 e. The van der Waals surface area contributed by atoms with E-state index in [1.165, 1.54) is 0 Å². The Kier molecular flexibility index (Phi) is 5.94. The molecule has 0 heterocycles. The Morgan fingerprint density at radius 2 is 1.88 bits per heavy atom. The molecule has 0 radical (unpaired) electrons. The van der Waals surface area contributed by atoms with Gasteiger partial charge < -0.3 is 15.2 Å². The van der Waals surface area contributed by atoms with E-state index in [1.807, 2.05) is 0 Å². The highest BCUT2D eigenvalue weighted by molar-refractivity contribution is 5.79. The number of halogens is 3. The predicted molar refractivity (Wildman–Crippen MR) is 50.8 cm³/mol. The van der Waals surface area contributed by atoms with E-state index in [2.05, 4.69) is 9.47 Å². The molecule has 0 rings (SSSR count). The Morgan fingerprint density at radius 3 is 2.24 bits per heavy atom. The molecule has 17 heavy (non-hydrogen) atoms. The van der Waals surface area contributed by atoms with Gasteiger partial charge in [-0.1, -0.05) is 6.92 Å². The zero-order valence-electron chi connectivity index (χ0n) is 9.41. The van der Waals surface area contributed by atoms with E-state index < -0.39 is 30.3 Å². The quantitative estimate of drug-likeness (QED) is 0.735. The van der Waals surface area contributed by atoms with Crippen molar-refractivity contribution in [1.82, 2.24) is 0 Å². The van der Waals surface area contributed by atoms with Crippen LogP contribution in [0.1, 0.15) is 20.3 Å². The van der Waals surface area contributed by atoms with Crippen LogP contribution in [0.2, 0.25) is 0 Å². The van der Waals surface area contributed by atoms with Gasteiger partial charge in [0.25, 0.3) is 0 Å². The van der Waals surface area contributed by atoms with Crippen LogP contribution in [-0.4, -0.2) is 36.9 Å². The van der Waals surface area contributed by atoms with Crippen molar-refractivity contribution < 1.29 is 32.2 Å². The third-order valence-corrected chi connectivity index (χ3v) is 1.68. The number of alkyl halides is 3. The lowest BCUT2D eigenvalue weighted by atomic mass is 10.1. The Hall–Kier alpha value is -1.31. The van der Waals surface area contributed by atoms with Crippen molar-refractivity contribution in [3.05, 3.63) is 0 Å². The molecule has 0 fully saturated rings. The van der Waals surface area contributed by atoms with Gasteiger partial charge >= 0.3 is 18.1 Å². The zero-order chi connectivity index (χ0) is 13.6. The molecule has 0 saturated heterocycles. The molecule has 0 unspecified atom stereocenters. The van der Waals surface area contributed by atoms with E-state index in [4.69, 9.17) is 5.73 Å². The van der Waals surface area contributed by atoms with Gasteiger partial charge in [0, 0.05) is 6.92 Å². The minimum atomic E-state index is -4.86. The fourth-order valence-corrected chi connectivity index (χ4v) is 0.903. The summed E-state index contributed by atoms with van der Waals surface area (Å²) in [6.45, 7) is 2.47. The third kappa shape index (κ3) is 5.53. The van der Waals surface area contributed by atoms with Gasteiger partial charge in [0.2, 0.25) is 6.10 Å². The average Bonchev–Trinajstić information content (AvgIpc) is 2.19. The van der Waals surface area contributed by atoms with Crippen LogP contribution in [0, 0.1) is 0 Å². The van der Waals surface area contributed by atoms with Crippen LogP contribution in [0.4, 0.5) is 13.2 Å². The number of ether oxygens (including phenoxy) is 2. The van der Waals surface area contributed by atoms with Crippen molar-refractivity contribution in [3.63, 3.8) is 0 Å². The average molecular weight is 257 g/mol. The zero-order valence-corrected chi connectivity index (χ0v) is 9.41. The first kappa shape index (κ1) is 15.7. The fourth-order valence-electron chi connectivity index (χ4n) is 0.903. The maximum absolute atomic E-state index is 12.3. The summed E-state index contributed by atoms with van der Waals surface area (Å²) in [5.74, 6) is -2.34. The number of hydrogen-bond acceptors (Lipinski definition) is 5. The molecule has 0 saturated carbocycles. The Morgan fingerprint density at radius 1 is 1.35 bits per heavy atom. The number of esters is 2. The van der Waals surface area contributed by atoms with Crippen molar-refractivity contribution in [2.75, 3.05) is 6.61 Å². The topological polar surface area (TPSA) is 78.6 Å². The second-order valence-corrected chi connectivity index (χ2v) is 3.26. The largest absolute Gasteiger partial charge is 0.463 e. The van der Waals surface area contributed by atoms with Crippen molar-refractivity contribution in [2.24, 2.45) is 5.73 Å². The van der Waals surface area contributed by atoms with Gasteiger partial charge in [-0.3, -0.25) is 4.79 Å². The molecular weight excluding hydrogens is 243 g/mol. The molecule has 0 aromatic carbocycles. The molecule has 5 nitrogen and oxygen atoms in total. The van der Waals surface area contributed by atoms with Crippen molar-refractivity contribution in [3.8, 4) is 0 Å². The van der Waals surface area contributed by atoms with Crippen molar-refractivity contribution in [2.45, 2.75) is 38.6 Å². The first-order valence-electron chi connectivity index (χ1n) is 4.86. The lowest BCUT2D eigenvalue weighted by Gasteiger charge is -2.23. The summed E-state index contributed by atoms with van der Waals surface area (Å²) in [7, 11) is 0. The summed E-state index contributed by atoms with van der Waals surface area (Å²) in [5.41, 5.74) is 4.81. The first-order valence-corrected chi connectivity index (χ1v) is 4.86. The van der Waals surface area contributed by atoms with E-state index in [0.717, 1.165) is 6.92 Å². The molecular formula is C9H14F3NO4. The molecule has 0 aliphatic rings. The number of rotatable bonds is 5. The Labute approximate surface area is 96.0 Å². The number of hydrogen-bond donors (Lipinski definition) is 1. The van der Waals surface area contributed by atoms with Crippen LogP contribution in [0.3, 0.4) is 0 Å². The second-order valence-electron chi connectivity index (χ2n) is 3.26. The van der Waals surface area contributed by atoms with Gasteiger partial charge in [0.15, 0.2) is 0 Å². The molecule has 0 aromatic rings. The molecule has 8 heteroatoms. The molecule has 100 valence electrons. The summed E-state index contributed by atoms with van der Waals surface area (Å²) in [5, 5.41) is 0. The van der Waals surface area contributed by atoms with Gasteiger partial charge in [0.05, 0.1) is 6.61 Å². The van der Waals surface area contributed by atoms with Crippen LogP contribution < -0.4 is 5.73 Å². The fraction of sp³-hybridized carbons (Fsp3) is 0.778. The third-order valence-electron chi connectivity index (χ3n) is 1.68. The molecule has 0 aromatic heterocycles. The lowest BCUT2D eigenvalue weighted by molar-refractivity contribution is -0.195. The molecule has 0 bridgehead atoms. The van der Waals surface area contributed by atoms with Crippen LogP contribution >= 0.6 is 0 Å². The summed E-state index contributed by atoms with van der Waals surface area (Å²) in [4.78, 5) is 21.9. The molecule has 2 N–H and O–H groups in total. The van der Waals surface area contributed by atoms with Crippen LogP contribution in [0.5, 0.6) is 0 Å². The molecule has 0 aliphatic heterocycles. The molecule has 0 amide bonds. The SMILES string of the molecule is CCCOC(=O)[C@@H](OC(C)=O)[C@H](N)C(F)(F)F. The van der Waals surface area contributed by atoms with E-state index >= 15 is 0 Å². The summed E-state index contributed by atoms with van der Waals surface area (Å²) in [6, 6.07) is -2.60. The van der Waals surface area contributed by atoms with Gasteiger partial charge in [-0.25, -0.2) is 4.79 Å². The summed E-state index contributed by atoms with van der Waals surface area (Å²) >= 11 is 0. The minimum absolute atomic E-state index is 0.0683. The van der Waals surface area contributed by atoms with Crippen LogP contribution in [0.25, 0.3) is 0 Å². The van der Waals surface area contributed by atoms with Crippen LogP contribution in [-0.2, 0) is 19.1 Å². The highest BCUT2D eigenvalue weighted by Crippen LogP contribution is 2.23. The van der Waals surface area contributed by atoms with E-state index in [1.54, 1.807) is 6.92 Å². The molecule has 0 spiro atoms. The number of nitrogens with two attached hydrogens (primary N) is 1. The van der Waals surface area contributed by atoms with E-state index in [-0.39, 0.29) is 6.61 Å². The van der Waals surface area contributed by atoms with Gasteiger partial charge in [0.1, 0.15) is 6.04 Å². The van der Waals surface area contributed by atoms with Gasteiger partial charge in [-0.2, -0.15) is 13.2 Å². The minimum Gasteiger partial charge on any atom is -0.463 e. The summed E-state index contributed by atoms with van der Waals surface area (Å²) in [6.07, 6.45) is -6.59. The predicted octanol–water partition coefficient (Wildman–Crippen LogP) is 0.761. The number of carbonyl (C=O) groups excluding carboxylic acids is 2. The smallest absolute Gasteiger partial charge is 0.407 e. The molecule has 2 atom stereocenters. The Bertz CT molecular complexity index is 280. The summed E-state index contributed by atoms with van der Waals surface area (Å²) < 4.78 is 45.6. The lowest BCUT2D eigenvalue weighted by Crippen LogP contribution is -2.52. The maximum atomic E-state index is 12.3.